The van der Waals surface area contributed by atoms with Gasteiger partial charge in [0, 0.05) is 17.5 Å². The predicted molar refractivity (Wildman–Crippen MR) is 56.7 cm³/mol. The molecule has 72 valence electrons. The fourth-order valence-corrected chi connectivity index (χ4v) is 2.44. The lowest BCUT2D eigenvalue weighted by molar-refractivity contribution is 0.256. The minimum absolute atomic E-state index is 0.480. The van der Waals surface area contributed by atoms with Crippen LogP contribution in [-0.2, 0) is 6.54 Å². The number of thiophene rings is 1. The van der Waals surface area contributed by atoms with E-state index >= 15 is 0 Å². The van der Waals surface area contributed by atoms with Crippen molar-refractivity contribution in [3.05, 3.63) is 22.4 Å². The van der Waals surface area contributed by atoms with Crippen molar-refractivity contribution in [2.75, 3.05) is 6.54 Å². The molecule has 0 radical (unpaired) electrons. The standard InChI is InChI=1S/C10H16N2S/c11-9-4-8(5-9)6-12-7-10-2-1-3-13-10/h1-3,8-9,12H,4-7,11H2. The van der Waals surface area contributed by atoms with Crippen LogP contribution in [0.2, 0.25) is 0 Å². The van der Waals surface area contributed by atoms with Crippen molar-refractivity contribution in [2.45, 2.75) is 25.4 Å². The molecule has 0 unspecified atom stereocenters. The van der Waals surface area contributed by atoms with E-state index in [0.29, 0.717) is 6.04 Å². The molecule has 3 N–H and O–H groups in total. The lowest BCUT2D eigenvalue weighted by atomic mass is 9.81. The van der Waals surface area contributed by atoms with E-state index in [0.717, 1.165) is 19.0 Å². The number of nitrogens with one attached hydrogen (secondary N) is 1. The molecule has 0 spiro atoms. The third kappa shape index (κ3) is 2.53. The average molecular weight is 196 g/mol. The second-order valence-electron chi connectivity index (χ2n) is 3.81. The number of rotatable bonds is 4. The first-order valence-corrected chi connectivity index (χ1v) is 5.71. The second kappa shape index (κ2) is 4.22. The van der Waals surface area contributed by atoms with Gasteiger partial charge in [0.25, 0.3) is 0 Å². The number of nitrogens with two attached hydrogens (primary N) is 1. The van der Waals surface area contributed by atoms with E-state index in [4.69, 9.17) is 5.73 Å². The second-order valence-corrected chi connectivity index (χ2v) is 4.84. The van der Waals surface area contributed by atoms with Crippen LogP contribution in [-0.4, -0.2) is 12.6 Å². The summed E-state index contributed by atoms with van der Waals surface area (Å²) in [5.41, 5.74) is 5.71. The van der Waals surface area contributed by atoms with Gasteiger partial charge in [0.1, 0.15) is 0 Å². The van der Waals surface area contributed by atoms with Gasteiger partial charge in [-0.2, -0.15) is 0 Å². The van der Waals surface area contributed by atoms with Crippen molar-refractivity contribution < 1.29 is 0 Å². The van der Waals surface area contributed by atoms with E-state index in [-0.39, 0.29) is 0 Å². The molecule has 0 bridgehead atoms. The van der Waals surface area contributed by atoms with Gasteiger partial charge in [-0.15, -0.1) is 11.3 Å². The van der Waals surface area contributed by atoms with Gasteiger partial charge < -0.3 is 11.1 Å². The molecule has 0 atom stereocenters. The van der Waals surface area contributed by atoms with E-state index in [9.17, 15) is 0 Å². The van der Waals surface area contributed by atoms with Crippen LogP contribution in [0.3, 0.4) is 0 Å². The van der Waals surface area contributed by atoms with Crippen molar-refractivity contribution >= 4 is 11.3 Å². The summed E-state index contributed by atoms with van der Waals surface area (Å²) in [4.78, 5) is 1.42. The quantitative estimate of drug-likeness (QED) is 0.767. The van der Waals surface area contributed by atoms with Crippen LogP contribution in [0.15, 0.2) is 17.5 Å². The van der Waals surface area contributed by atoms with Crippen molar-refractivity contribution in [1.82, 2.24) is 5.32 Å². The summed E-state index contributed by atoms with van der Waals surface area (Å²) in [6.45, 7) is 2.15. The zero-order chi connectivity index (χ0) is 9.10. The lowest BCUT2D eigenvalue weighted by Gasteiger charge is -2.32. The van der Waals surface area contributed by atoms with Crippen LogP contribution in [0, 0.1) is 5.92 Å². The third-order valence-electron chi connectivity index (χ3n) is 2.58. The van der Waals surface area contributed by atoms with E-state index in [1.54, 1.807) is 0 Å². The van der Waals surface area contributed by atoms with Gasteiger partial charge in [-0.1, -0.05) is 6.07 Å². The van der Waals surface area contributed by atoms with Gasteiger partial charge in [-0.25, -0.2) is 0 Å². The molecular formula is C10H16N2S. The molecule has 1 saturated carbocycles. The first kappa shape index (κ1) is 9.19. The molecule has 0 saturated heterocycles. The zero-order valence-corrected chi connectivity index (χ0v) is 8.52. The first-order valence-electron chi connectivity index (χ1n) is 4.83. The van der Waals surface area contributed by atoms with Crippen molar-refractivity contribution in [3.8, 4) is 0 Å². The van der Waals surface area contributed by atoms with Gasteiger partial charge in [0.2, 0.25) is 0 Å². The zero-order valence-electron chi connectivity index (χ0n) is 7.70. The minimum atomic E-state index is 0.480. The molecule has 0 aliphatic heterocycles. The fourth-order valence-electron chi connectivity index (χ4n) is 1.77. The summed E-state index contributed by atoms with van der Waals surface area (Å²) in [5.74, 6) is 0.829. The highest BCUT2D eigenvalue weighted by molar-refractivity contribution is 7.09. The van der Waals surface area contributed by atoms with E-state index < -0.39 is 0 Å². The molecule has 1 heterocycles. The van der Waals surface area contributed by atoms with Crippen LogP contribution in [0.5, 0.6) is 0 Å². The molecule has 3 heteroatoms. The maximum absolute atomic E-state index is 5.71. The Hall–Kier alpha value is -0.380. The minimum Gasteiger partial charge on any atom is -0.328 e. The fraction of sp³-hybridized carbons (Fsp3) is 0.600. The van der Waals surface area contributed by atoms with Gasteiger partial charge in [0.15, 0.2) is 0 Å². The monoisotopic (exact) mass is 196 g/mol. The summed E-state index contributed by atoms with van der Waals surface area (Å²) in [6.07, 6.45) is 2.41. The van der Waals surface area contributed by atoms with Gasteiger partial charge >= 0.3 is 0 Å². The van der Waals surface area contributed by atoms with Crippen LogP contribution in [0.25, 0.3) is 0 Å². The Morgan fingerprint density at radius 3 is 3.00 bits per heavy atom. The van der Waals surface area contributed by atoms with E-state index in [2.05, 4.69) is 22.8 Å². The predicted octanol–water partition coefficient (Wildman–Crippen LogP) is 1.57. The Balaban J connectivity index is 1.59. The lowest BCUT2D eigenvalue weighted by Crippen LogP contribution is -2.41. The Bertz CT molecular complexity index is 239. The maximum Gasteiger partial charge on any atom is 0.0299 e. The van der Waals surface area contributed by atoms with Gasteiger partial charge in [-0.05, 0) is 36.8 Å². The van der Waals surface area contributed by atoms with Crippen molar-refractivity contribution in [1.29, 1.82) is 0 Å². The number of hydrogen-bond acceptors (Lipinski definition) is 3. The van der Waals surface area contributed by atoms with Crippen LogP contribution in [0.1, 0.15) is 17.7 Å². The third-order valence-corrected chi connectivity index (χ3v) is 3.46. The molecule has 1 aromatic heterocycles. The highest BCUT2D eigenvalue weighted by atomic mass is 32.1. The largest absolute Gasteiger partial charge is 0.328 e. The molecule has 1 fully saturated rings. The Morgan fingerprint density at radius 2 is 2.38 bits per heavy atom. The number of hydrogen-bond donors (Lipinski definition) is 2. The summed E-state index contributed by atoms with van der Waals surface area (Å²) >= 11 is 1.81. The molecule has 13 heavy (non-hydrogen) atoms. The van der Waals surface area contributed by atoms with Crippen LogP contribution < -0.4 is 11.1 Å². The van der Waals surface area contributed by atoms with Gasteiger partial charge in [0.05, 0.1) is 0 Å². The first-order chi connectivity index (χ1) is 6.34. The molecule has 2 nitrogen and oxygen atoms in total. The topological polar surface area (TPSA) is 38.0 Å². The van der Waals surface area contributed by atoms with Crippen LogP contribution >= 0.6 is 11.3 Å². The maximum atomic E-state index is 5.71. The smallest absolute Gasteiger partial charge is 0.0299 e. The normalized spacial score (nSPS) is 27.2. The molecule has 0 aromatic carbocycles. The highest BCUT2D eigenvalue weighted by Crippen LogP contribution is 2.24. The van der Waals surface area contributed by atoms with Crippen molar-refractivity contribution in [3.63, 3.8) is 0 Å². The van der Waals surface area contributed by atoms with Gasteiger partial charge in [-0.3, -0.25) is 0 Å². The molecule has 2 rings (SSSR count). The summed E-state index contributed by atoms with van der Waals surface area (Å²) in [7, 11) is 0. The molecule has 1 aliphatic rings. The Labute approximate surface area is 83.1 Å². The Kier molecular flexibility index (Phi) is 2.98. The molecule has 0 amide bonds. The van der Waals surface area contributed by atoms with E-state index in [1.807, 2.05) is 11.3 Å². The molecule has 1 aliphatic carbocycles. The van der Waals surface area contributed by atoms with Crippen LogP contribution in [0.4, 0.5) is 0 Å². The molecular weight excluding hydrogens is 180 g/mol. The summed E-state index contributed by atoms with van der Waals surface area (Å²) in [6, 6.07) is 4.75. The summed E-state index contributed by atoms with van der Waals surface area (Å²) in [5, 5.41) is 5.59. The molecule has 1 aromatic rings. The summed E-state index contributed by atoms with van der Waals surface area (Å²) < 4.78 is 0. The van der Waals surface area contributed by atoms with E-state index in [1.165, 1.54) is 17.7 Å². The average Bonchev–Trinajstić information content (AvgIpc) is 2.53. The highest BCUT2D eigenvalue weighted by Gasteiger charge is 2.24. The SMILES string of the molecule is NC1CC(CNCc2cccs2)C1. The Morgan fingerprint density at radius 1 is 1.54 bits per heavy atom. The van der Waals surface area contributed by atoms with Crippen molar-refractivity contribution in [2.24, 2.45) is 11.7 Å².